The molecular formula is C21H27FN4O2. The Labute approximate surface area is 165 Å². The number of nitrogens with one attached hydrogen (secondary N) is 3. The van der Waals surface area contributed by atoms with Crippen molar-refractivity contribution in [2.75, 3.05) is 33.3 Å². The summed E-state index contributed by atoms with van der Waals surface area (Å²) in [4.78, 5) is 16.6. The van der Waals surface area contributed by atoms with Gasteiger partial charge in [0.1, 0.15) is 11.6 Å². The van der Waals surface area contributed by atoms with Crippen LogP contribution >= 0.6 is 0 Å². The van der Waals surface area contributed by atoms with Gasteiger partial charge in [0.05, 0.1) is 7.11 Å². The topological polar surface area (TPSA) is 74.8 Å². The summed E-state index contributed by atoms with van der Waals surface area (Å²) in [5.74, 6) is 0.898. The van der Waals surface area contributed by atoms with E-state index in [1.54, 1.807) is 43.5 Å². The average Bonchev–Trinajstić information content (AvgIpc) is 2.72. The normalized spacial score (nSPS) is 11.0. The first-order valence-corrected chi connectivity index (χ1v) is 9.32. The Morgan fingerprint density at radius 2 is 1.86 bits per heavy atom. The van der Waals surface area contributed by atoms with E-state index in [9.17, 15) is 9.18 Å². The van der Waals surface area contributed by atoms with Crippen molar-refractivity contribution in [3.8, 4) is 5.75 Å². The highest BCUT2D eigenvalue weighted by Gasteiger charge is 2.06. The van der Waals surface area contributed by atoms with Crippen LogP contribution in [0.15, 0.2) is 53.5 Å². The number of carbonyl (C=O) groups is 1. The summed E-state index contributed by atoms with van der Waals surface area (Å²) in [6.45, 7) is 4.10. The molecule has 2 aromatic rings. The van der Waals surface area contributed by atoms with Gasteiger partial charge >= 0.3 is 0 Å². The van der Waals surface area contributed by atoms with E-state index < -0.39 is 0 Å². The van der Waals surface area contributed by atoms with Gasteiger partial charge in [0.2, 0.25) is 0 Å². The van der Waals surface area contributed by atoms with E-state index >= 15 is 0 Å². The first-order valence-electron chi connectivity index (χ1n) is 9.32. The molecule has 7 heteroatoms. The number of benzene rings is 2. The summed E-state index contributed by atoms with van der Waals surface area (Å²) >= 11 is 0. The number of halogens is 1. The van der Waals surface area contributed by atoms with E-state index in [4.69, 9.17) is 4.74 Å². The van der Waals surface area contributed by atoms with Crippen LogP contribution in [0.3, 0.4) is 0 Å². The summed E-state index contributed by atoms with van der Waals surface area (Å²) in [5.41, 5.74) is 1.19. The van der Waals surface area contributed by atoms with Crippen molar-refractivity contribution in [1.82, 2.24) is 16.0 Å². The Morgan fingerprint density at radius 3 is 2.61 bits per heavy atom. The Balaban J connectivity index is 1.77. The molecule has 0 atom stereocenters. The third kappa shape index (κ3) is 6.90. The Hall–Kier alpha value is -3.09. The number of hydrogen-bond donors (Lipinski definition) is 3. The van der Waals surface area contributed by atoms with E-state index in [0.29, 0.717) is 55.4 Å². The maximum absolute atomic E-state index is 13.6. The van der Waals surface area contributed by atoms with Gasteiger partial charge in [0.15, 0.2) is 5.96 Å². The smallest absolute Gasteiger partial charge is 0.251 e. The second-order valence-corrected chi connectivity index (χ2v) is 6.02. The van der Waals surface area contributed by atoms with E-state index in [0.717, 1.165) is 0 Å². The van der Waals surface area contributed by atoms with Crippen molar-refractivity contribution >= 4 is 11.9 Å². The Bertz CT molecular complexity index is 795. The number of methoxy groups -OCH3 is 1. The second kappa shape index (κ2) is 11.6. The van der Waals surface area contributed by atoms with Crippen molar-refractivity contribution in [1.29, 1.82) is 0 Å². The van der Waals surface area contributed by atoms with Crippen LogP contribution in [0, 0.1) is 5.82 Å². The molecule has 0 saturated carbocycles. The van der Waals surface area contributed by atoms with Gasteiger partial charge in [0, 0.05) is 31.7 Å². The van der Waals surface area contributed by atoms with Gasteiger partial charge in [-0.2, -0.15) is 0 Å². The highest BCUT2D eigenvalue weighted by molar-refractivity contribution is 5.94. The molecule has 0 aliphatic carbocycles. The van der Waals surface area contributed by atoms with Gasteiger partial charge in [-0.1, -0.05) is 24.3 Å². The van der Waals surface area contributed by atoms with Crippen LogP contribution in [-0.2, 0) is 6.42 Å². The summed E-state index contributed by atoms with van der Waals surface area (Å²) in [7, 11) is 1.56. The molecule has 6 nitrogen and oxygen atoms in total. The minimum atomic E-state index is -0.212. The van der Waals surface area contributed by atoms with Gasteiger partial charge in [-0.25, -0.2) is 4.39 Å². The van der Waals surface area contributed by atoms with Crippen LogP contribution in [-0.4, -0.2) is 45.2 Å². The number of guanidine groups is 1. The fraction of sp³-hybridized carbons (Fsp3) is 0.333. The second-order valence-electron chi connectivity index (χ2n) is 6.02. The molecule has 2 rings (SSSR count). The molecule has 1 amide bonds. The van der Waals surface area contributed by atoms with E-state index in [2.05, 4.69) is 20.9 Å². The molecule has 0 aromatic heterocycles. The maximum atomic E-state index is 13.6. The molecule has 0 saturated heterocycles. The van der Waals surface area contributed by atoms with Gasteiger partial charge in [-0.3, -0.25) is 9.79 Å². The molecule has 0 radical (unpaired) electrons. The molecule has 0 aliphatic rings. The highest BCUT2D eigenvalue weighted by atomic mass is 19.1. The zero-order chi connectivity index (χ0) is 20.2. The number of rotatable bonds is 9. The lowest BCUT2D eigenvalue weighted by molar-refractivity contribution is 0.0954. The molecule has 0 spiro atoms. The fourth-order valence-corrected chi connectivity index (χ4v) is 2.55. The molecule has 0 aliphatic heterocycles. The number of hydrogen-bond acceptors (Lipinski definition) is 3. The molecule has 0 fully saturated rings. The van der Waals surface area contributed by atoms with Gasteiger partial charge < -0.3 is 20.7 Å². The predicted octanol–water partition coefficient (Wildman–Crippen LogP) is 2.36. The third-order valence-corrected chi connectivity index (χ3v) is 3.99. The summed E-state index contributed by atoms with van der Waals surface area (Å²) in [6.07, 6.45) is 0.524. The lowest BCUT2D eigenvalue weighted by atomic mass is 10.1. The molecule has 0 bridgehead atoms. The Kier molecular flexibility index (Phi) is 8.78. The number of aliphatic imine (C=N–C) groups is 1. The first kappa shape index (κ1) is 21.2. The largest absolute Gasteiger partial charge is 0.497 e. The van der Waals surface area contributed by atoms with Crippen LogP contribution < -0.4 is 20.7 Å². The van der Waals surface area contributed by atoms with Gasteiger partial charge in [0.25, 0.3) is 5.91 Å². The minimum absolute atomic E-state index is 0.165. The SMILES string of the molecule is CCNC(=NCCc1ccccc1F)NCCNC(=O)c1cccc(OC)c1. The van der Waals surface area contributed by atoms with Crippen LogP contribution in [0.1, 0.15) is 22.8 Å². The summed E-state index contributed by atoms with van der Waals surface area (Å²) in [5, 5.41) is 9.14. The van der Waals surface area contributed by atoms with E-state index in [1.807, 2.05) is 13.0 Å². The number of carbonyl (C=O) groups excluding carboxylic acids is 1. The number of nitrogens with zero attached hydrogens (tertiary/aromatic N) is 1. The quantitative estimate of drug-likeness (QED) is 0.351. The highest BCUT2D eigenvalue weighted by Crippen LogP contribution is 2.12. The molecule has 150 valence electrons. The standard InChI is InChI=1S/C21H27FN4O2/c1-3-23-21(25-12-11-16-7-4-5-10-19(16)22)26-14-13-24-20(27)17-8-6-9-18(15-17)28-2/h4-10,15H,3,11-14H2,1-2H3,(H,24,27)(H2,23,25,26). The zero-order valence-corrected chi connectivity index (χ0v) is 16.3. The van der Waals surface area contributed by atoms with Crippen LogP contribution in [0.25, 0.3) is 0 Å². The summed E-state index contributed by atoms with van der Waals surface area (Å²) in [6, 6.07) is 13.7. The molecule has 0 heterocycles. The minimum Gasteiger partial charge on any atom is -0.497 e. The van der Waals surface area contributed by atoms with Crippen molar-refractivity contribution < 1.29 is 13.9 Å². The summed E-state index contributed by atoms with van der Waals surface area (Å²) < 4.78 is 18.8. The molecular weight excluding hydrogens is 359 g/mol. The van der Waals surface area contributed by atoms with E-state index in [-0.39, 0.29) is 11.7 Å². The van der Waals surface area contributed by atoms with Crippen molar-refractivity contribution in [3.05, 3.63) is 65.5 Å². The molecule has 3 N–H and O–H groups in total. The molecule has 0 unspecified atom stereocenters. The average molecular weight is 386 g/mol. The van der Waals surface area contributed by atoms with Crippen molar-refractivity contribution in [2.45, 2.75) is 13.3 Å². The van der Waals surface area contributed by atoms with Gasteiger partial charge in [-0.05, 0) is 43.2 Å². The molecule has 28 heavy (non-hydrogen) atoms. The number of amides is 1. The van der Waals surface area contributed by atoms with Crippen molar-refractivity contribution in [3.63, 3.8) is 0 Å². The zero-order valence-electron chi connectivity index (χ0n) is 16.3. The maximum Gasteiger partial charge on any atom is 0.251 e. The Morgan fingerprint density at radius 1 is 1.07 bits per heavy atom. The van der Waals surface area contributed by atoms with E-state index in [1.165, 1.54) is 6.07 Å². The van der Waals surface area contributed by atoms with Gasteiger partial charge in [-0.15, -0.1) is 0 Å². The first-order chi connectivity index (χ1) is 13.6. The number of ether oxygens (including phenoxy) is 1. The van der Waals surface area contributed by atoms with Crippen LogP contribution in [0.4, 0.5) is 4.39 Å². The van der Waals surface area contributed by atoms with Crippen LogP contribution in [0.5, 0.6) is 5.75 Å². The third-order valence-electron chi connectivity index (χ3n) is 3.99. The monoisotopic (exact) mass is 386 g/mol. The molecule has 2 aromatic carbocycles. The fourth-order valence-electron chi connectivity index (χ4n) is 2.55. The van der Waals surface area contributed by atoms with Crippen molar-refractivity contribution in [2.24, 2.45) is 4.99 Å². The lowest BCUT2D eigenvalue weighted by Gasteiger charge is -2.12. The lowest BCUT2D eigenvalue weighted by Crippen LogP contribution is -2.41. The van der Waals surface area contributed by atoms with Crippen LogP contribution in [0.2, 0.25) is 0 Å². The predicted molar refractivity (Wildman–Crippen MR) is 109 cm³/mol.